The average Bonchev–Trinajstić information content (AvgIpc) is 2.26. The third kappa shape index (κ3) is 9.92. The molecule has 0 aliphatic rings. The van der Waals surface area contributed by atoms with Crippen LogP contribution in [0.5, 0.6) is 5.75 Å². The molecule has 17 heavy (non-hydrogen) atoms. The summed E-state index contributed by atoms with van der Waals surface area (Å²) in [7, 11) is 0. The molecule has 0 aromatic heterocycles. The van der Waals surface area contributed by atoms with E-state index in [1.165, 1.54) is 25.7 Å². The molecule has 0 spiro atoms. The van der Waals surface area contributed by atoms with E-state index in [1.54, 1.807) is 0 Å². The van der Waals surface area contributed by atoms with Crippen LogP contribution >= 0.6 is 0 Å². The van der Waals surface area contributed by atoms with Gasteiger partial charge in [0.1, 0.15) is 0 Å². The molecule has 1 aromatic carbocycles. The summed E-state index contributed by atoms with van der Waals surface area (Å²) in [6.07, 6.45) is 6.71. The van der Waals surface area contributed by atoms with Crippen LogP contribution in [-0.2, 0) is 0 Å². The van der Waals surface area contributed by atoms with Crippen molar-refractivity contribution in [3.8, 4) is 5.75 Å². The zero-order valence-electron chi connectivity index (χ0n) is 10.9. The van der Waals surface area contributed by atoms with Gasteiger partial charge in [-0.2, -0.15) is 18.2 Å². The summed E-state index contributed by atoms with van der Waals surface area (Å²) in [5, 5.41) is 0. The van der Waals surface area contributed by atoms with Gasteiger partial charge >= 0.3 is 23.1 Å². The summed E-state index contributed by atoms with van der Waals surface area (Å²) in [6.45, 7) is 4.38. The molecule has 0 saturated carbocycles. The van der Waals surface area contributed by atoms with Gasteiger partial charge in [-0.05, 0) is 19.8 Å². The first kappa shape index (κ1) is 19.6. The second-order valence-electron chi connectivity index (χ2n) is 4.01. The SMILES string of the molecule is CCCCCCC(C)Oc1cc[c-]cc1.[Br-].[Mg+2]. The average molecular weight is 310 g/mol. The second-order valence-corrected chi connectivity index (χ2v) is 4.01. The molecule has 0 saturated heterocycles. The molecule has 0 fully saturated rings. The van der Waals surface area contributed by atoms with E-state index >= 15 is 0 Å². The van der Waals surface area contributed by atoms with Gasteiger partial charge < -0.3 is 21.7 Å². The quantitative estimate of drug-likeness (QED) is 0.412. The molecule has 1 rings (SSSR count). The fraction of sp³-hybridized carbons (Fsp3) is 0.571. The molecule has 1 aromatic rings. The molecule has 0 radical (unpaired) electrons. The predicted octanol–water partition coefficient (Wildman–Crippen LogP) is 0.848. The van der Waals surface area contributed by atoms with Crippen LogP contribution in [0.4, 0.5) is 0 Å². The van der Waals surface area contributed by atoms with E-state index in [-0.39, 0.29) is 40.0 Å². The Morgan fingerprint density at radius 3 is 2.41 bits per heavy atom. The van der Waals surface area contributed by atoms with Crippen LogP contribution in [0, 0.1) is 6.07 Å². The third-order valence-electron chi connectivity index (χ3n) is 2.49. The number of halogens is 1. The number of ether oxygens (including phenoxy) is 1. The van der Waals surface area contributed by atoms with Crippen molar-refractivity contribution in [2.75, 3.05) is 0 Å². The maximum atomic E-state index is 5.77. The minimum atomic E-state index is 0. The molecule has 0 heterocycles. The molecular weight excluding hydrogens is 288 g/mol. The number of unbranched alkanes of at least 4 members (excludes halogenated alkanes) is 3. The van der Waals surface area contributed by atoms with Gasteiger partial charge in [0.25, 0.3) is 0 Å². The minimum Gasteiger partial charge on any atom is -1.00 e. The normalized spacial score (nSPS) is 10.9. The van der Waals surface area contributed by atoms with Crippen molar-refractivity contribution in [1.29, 1.82) is 0 Å². The Hall–Kier alpha value is 0.266. The number of hydrogen-bond acceptors (Lipinski definition) is 1. The zero-order valence-corrected chi connectivity index (χ0v) is 13.9. The van der Waals surface area contributed by atoms with Crippen LogP contribution in [0.15, 0.2) is 24.3 Å². The molecule has 1 unspecified atom stereocenters. The van der Waals surface area contributed by atoms with Crippen LogP contribution in [0.3, 0.4) is 0 Å². The van der Waals surface area contributed by atoms with E-state index in [0.717, 1.165) is 12.2 Å². The Kier molecular flexibility index (Phi) is 14.7. The van der Waals surface area contributed by atoms with Crippen molar-refractivity contribution in [2.45, 2.75) is 52.1 Å². The molecule has 0 bridgehead atoms. The van der Waals surface area contributed by atoms with Gasteiger partial charge in [0, 0.05) is 5.75 Å². The largest absolute Gasteiger partial charge is 2.00 e. The minimum absolute atomic E-state index is 0. The standard InChI is InChI=1S/C14H21O.BrH.Mg/c1-3-4-5-7-10-13(2)15-14-11-8-6-9-12-14;;/h8-9,11-13H,3-5,7,10H2,1-2H3;1H;/q-1;;+2/p-1. The zero-order chi connectivity index (χ0) is 10.9. The van der Waals surface area contributed by atoms with E-state index in [4.69, 9.17) is 4.74 Å². The monoisotopic (exact) mass is 308 g/mol. The third-order valence-corrected chi connectivity index (χ3v) is 2.49. The Bertz CT molecular complexity index is 254. The van der Waals surface area contributed by atoms with Gasteiger partial charge in [0.2, 0.25) is 0 Å². The van der Waals surface area contributed by atoms with Crippen LogP contribution < -0.4 is 21.7 Å². The van der Waals surface area contributed by atoms with Crippen LogP contribution in [0.1, 0.15) is 46.0 Å². The first-order valence-corrected chi connectivity index (χ1v) is 5.95. The maximum Gasteiger partial charge on any atom is 2.00 e. The van der Waals surface area contributed by atoms with E-state index in [0.29, 0.717) is 6.10 Å². The maximum absolute atomic E-state index is 5.77. The fourth-order valence-corrected chi connectivity index (χ4v) is 1.60. The topological polar surface area (TPSA) is 9.23 Å². The van der Waals surface area contributed by atoms with Crippen LogP contribution in [0.25, 0.3) is 0 Å². The molecule has 0 amide bonds. The van der Waals surface area contributed by atoms with Crippen LogP contribution in [-0.4, -0.2) is 29.2 Å². The summed E-state index contributed by atoms with van der Waals surface area (Å²) in [4.78, 5) is 0. The number of rotatable bonds is 7. The van der Waals surface area contributed by atoms with Crippen molar-refractivity contribution in [2.24, 2.45) is 0 Å². The van der Waals surface area contributed by atoms with Crippen molar-refractivity contribution < 1.29 is 21.7 Å². The molecule has 0 aliphatic heterocycles. The van der Waals surface area contributed by atoms with E-state index in [2.05, 4.69) is 19.9 Å². The molecule has 1 nitrogen and oxygen atoms in total. The molecular formula is C14H21BrMgO. The summed E-state index contributed by atoms with van der Waals surface area (Å²) >= 11 is 0. The predicted molar refractivity (Wildman–Crippen MR) is 69.9 cm³/mol. The van der Waals surface area contributed by atoms with Gasteiger partial charge in [-0.1, -0.05) is 26.2 Å². The van der Waals surface area contributed by atoms with Crippen molar-refractivity contribution in [3.63, 3.8) is 0 Å². The fourth-order valence-electron chi connectivity index (χ4n) is 1.60. The molecule has 1 atom stereocenters. The van der Waals surface area contributed by atoms with Gasteiger partial charge in [0.05, 0.1) is 6.10 Å². The number of hydrogen-bond donors (Lipinski definition) is 0. The summed E-state index contributed by atoms with van der Waals surface area (Å²) in [6, 6.07) is 10.7. The van der Waals surface area contributed by atoms with E-state index < -0.39 is 0 Å². The van der Waals surface area contributed by atoms with Gasteiger partial charge in [-0.3, -0.25) is 0 Å². The van der Waals surface area contributed by atoms with E-state index in [9.17, 15) is 0 Å². The van der Waals surface area contributed by atoms with E-state index in [1.807, 2.05) is 24.3 Å². The summed E-state index contributed by atoms with van der Waals surface area (Å²) in [5.41, 5.74) is 0. The Labute approximate surface area is 132 Å². The summed E-state index contributed by atoms with van der Waals surface area (Å²) < 4.78 is 5.77. The molecule has 0 aliphatic carbocycles. The second kappa shape index (κ2) is 12.7. The van der Waals surface area contributed by atoms with Crippen molar-refractivity contribution >= 4 is 23.1 Å². The number of benzene rings is 1. The van der Waals surface area contributed by atoms with Gasteiger partial charge in [0.15, 0.2) is 0 Å². The smallest absolute Gasteiger partial charge is 1.00 e. The van der Waals surface area contributed by atoms with Crippen molar-refractivity contribution in [1.82, 2.24) is 0 Å². The summed E-state index contributed by atoms with van der Waals surface area (Å²) in [5.74, 6) is 0.955. The van der Waals surface area contributed by atoms with Gasteiger partial charge in [-0.25, -0.2) is 0 Å². The first-order valence-electron chi connectivity index (χ1n) is 5.95. The molecule has 0 N–H and O–H groups in total. The molecule has 3 heteroatoms. The molecule has 92 valence electrons. The Morgan fingerprint density at radius 2 is 1.82 bits per heavy atom. The van der Waals surface area contributed by atoms with Gasteiger partial charge in [-0.15, -0.1) is 12.1 Å². The Balaban J connectivity index is 0. The van der Waals surface area contributed by atoms with Crippen molar-refractivity contribution in [3.05, 3.63) is 30.3 Å². The Morgan fingerprint density at radius 1 is 1.18 bits per heavy atom. The first-order chi connectivity index (χ1) is 7.33. The van der Waals surface area contributed by atoms with Crippen LogP contribution in [0.2, 0.25) is 0 Å².